The molecule has 6 heteroatoms. The van der Waals surface area contributed by atoms with Crippen molar-refractivity contribution in [3.63, 3.8) is 0 Å². The SMILES string of the molecule is Cc1cnc(CN(C)CC2CCN(CCO)CC2)cn1.Cl. The first-order valence-electron chi connectivity index (χ1n) is 7.46. The number of nitrogens with zero attached hydrogens (tertiary/aromatic N) is 4. The van der Waals surface area contributed by atoms with Crippen molar-refractivity contribution >= 4 is 12.4 Å². The van der Waals surface area contributed by atoms with E-state index in [0.717, 1.165) is 50.0 Å². The molecule has 21 heavy (non-hydrogen) atoms. The molecule has 5 nitrogen and oxygen atoms in total. The fourth-order valence-electron chi connectivity index (χ4n) is 2.82. The van der Waals surface area contributed by atoms with E-state index in [2.05, 4.69) is 26.8 Å². The van der Waals surface area contributed by atoms with Crippen LogP contribution in [-0.4, -0.2) is 64.7 Å². The Labute approximate surface area is 133 Å². The van der Waals surface area contributed by atoms with Gasteiger partial charge in [0.15, 0.2) is 0 Å². The van der Waals surface area contributed by atoms with Crippen molar-refractivity contribution in [2.75, 3.05) is 39.8 Å². The van der Waals surface area contributed by atoms with Crippen LogP contribution >= 0.6 is 12.4 Å². The number of likely N-dealkylation sites (tertiary alicyclic amines) is 1. The van der Waals surface area contributed by atoms with Gasteiger partial charge < -0.3 is 14.9 Å². The molecule has 1 N–H and O–H groups in total. The van der Waals surface area contributed by atoms with Crippen molar-refractivity contribution in [1.82, 2.24) is 19.8 Å². The molecule has 2 heterocycles. The average Bonchev–Trinajstić information content (AvgIpc) is 2.44. The van der Waals surface area contributed by atoms with Gasteiger partial charge in [0.25, 0.3) is 0 Å². The zero-order valence-corrected chi connectivity index (χ0v) is 13.8. The van der Waals surface area contributed by atoms with Crippen LogP contribution in [-0.2, 0) is 6.54 Å². The molecule has 1 aliphatic heterocycles. The van der Waals surface area contributed by atoms with Crippen LogP contribution in [0.15, 0.2) is 12.4 Å². The molecule has 1 fully saturated rings. The summed E-state index contributed by atoms with van der Waals surface area (Å²) in [6.07, 6.45) is 6.15. The van der Waals surface area contributed by atoms with E-state index < -0.39 is 0 Å². The van der Waals surface area contributed by atoms with Crippen LogP contribution in [0.1, 0.15) is 24.2 Å². The van der Waals surface area contributed by atoms with Crippen molar-refractivity contribution in [3.8, 4) is 0 Å². The quantitative estimate of drug-likeness (QED) is 0.859. The van der Waals surface area contributed by atoms with Gasteiger partial charge in [-0.05, 0) is 45.8 Å². The highest BCUT2D eigenvalue weighted by molar-refractivity contribution is 5.85. The number of aliphatic hydroxyl groups excluding tert-OH is 1. The van der Waals surface area contributed by atoms with Crippen LogP contribution in [0.5, 0.6) is 0 Å². The second kappa shape index (κ2) is 9.30. The first-order chi connectivity index (χ1) is 9.67. The Hall–Kier alpha value is -0.750. The summed E-state index contributed by atoms with van der Waals surface area (Å²) in [7, 11) is 2.15. The highest BCUT2D eigenvalue weighted by Gasteiger charge is 2.20. The van der Waals surface area contributed by atoms with Gasteiger partial charge in [-0.15, -0.1) is 12.4 Å². The lowest BCUT2D eigenvalue weighted by atomic mass is 9.96. The van der Waals surface area contributed by atoms with E-state index in [9.17, 15) is 0 Å². The molecule has 0 atom stereocenters. The topological polar surface area (TPSA) is 52.5 Å². The lowest BCUT2D eigenvalue weighted by Gasteiger charge is -2.33. The molecular formula is C15H27ClN4O. The molecule has 1 aromatic heterocycles. The smallest absolute Gasteiger partial charge is 0.0726 e. The second-order valence-corrected chi connectivity index (χ2v) is 5.85. The van der Waals surface area contributed by atoms with E-state index in [1.807, 2.05) is 19.3 Å². The van der Waals surface area contributed by atoms with Crippen LogP contribution in [0, 0.1) is 12.8 Å². The summed E-state index contributed by atoms with van der Waals surface area (Å²) in [5, 5.41) is 8.95. The molecule has 1 saturated heterocycles. The fraction of sp³-hybridized carbons (Fsp3) is 0.733. The lowest BCUT2D eigenvalue weighted by Crippen LogP contribution is -2.38. The number of aromatic nitrogens is 2. The van der Waals surface area contributed by atoms with Gasteiger partial charge in [-0.1, -0.05) is 0 Å². The maximum absolute atomic E-state index is 8.95. The molecule has 0 aliphatic carbocycles. The molecule has 0 radical (unpaired) electrons. The number of piperidine rings is 1. The largest absolute Gasteiger partial charge is 0.395 e. The normalized spacial score (nSPS) is 17.0. The summed E-state index contributed by atoms with van der Waals surface area (Å²) in [5.41, 5.74) is 2.00. The number of halogens is 1. The highest BCUT2D eigenvalue weighted by Crippen LogP contribution is 2.18. The molecule has 0 amide bonds. The van der Waals surface area contributed by atoms with Crippen LogP contribution in [0.2, 0.25) is 0 Å². The Bertz CT molecular complexity index is 393. The number of rotatable bonds is 6. The van der Waals surface area contributed by atoms with Crippen molar-refractivity contribution in [1.29, 1.82) is 0 Å². The zero-order chi connectivity index (χ0) is 14.4. The Balaban J connectivity index is 0.00000220. The standard InChI is InChI=1S/C15H26N4O.ClH/c1-13-9-17-15(10-16-13)12-18(2)11-14-3-5-19(6-4-14)7-8-20;/h9-10,14,20H,3-8,11-12H2,1-2H3;1H. The third kappa shape index (κ3) is 6.26. The Morgan fingerprint density at radius 1 is 1.29 bits per heavy atom. The van der Waals surface area contributed by atoms with E-state index >= 15 is 0 Å². The van der Waals surface area contributed by atoms with Crippen molar-refractivity contribution < 1.29 is 5.11 Å². The molecule has 0 aromatic carbocycles. The molecular weight excluding hydrogens is 288 g/mol. The monoisotopic (exact) mass is 314 g/mol. The Morgan fingerprint density at radius 3 is 2.57 bits per heavy atom. The Morgan fingerprint density at radius 2 is 2.00 bits per heavy atom. The van der Waals surface area contributed by atoms with Gasteiger partial charge in [0.1, 0.15) is 0 Å². The predicted molar refractivity (Wildman–Crippen MR) is 86.6 cm³/mol. The molecule has 0 bridgehead atoms. The Kier molecular flexibility index (Phi) is 8.11. The summed E-state index contributed by atoms with van der Waals surface area (Å²) in [6.45, 7) is 7.26. The lowest BCUT2D eigenvalue weighted by molar-refractivity contribution is 0.129. The fourth-order valence-corrected chi connectivity index (χ4v) is 2.82. The van der Waals surface area contributed by atoms with Crippen molar-refractivity contribution in [2.24, 2.45) is 5.92 Å². The van der Waals surface area contributed by atoms with Gasteiger partial charge in [-0.25, -0.2) is 0 Å². The van der Waals surface area contributed by atoms with E-state index in [0.29, 0.717) is 0 Å². The number of β-amino-alcohol motifs (C(OH)–C–C–N with tert-alkyl or cyclic N) is 1. The number of aliphatic hydroxyl groups is 1. The van der Waals surface area contributed by atoms with E-state index in [1.165, 1.54) is 12.8 Å². The maximum Gasteiger partial charge on any atom is 0.0726 e. The van der Waals surface area contributed by atoms with Gasteiger partial charge in [0.05, 0.1) is 18.0 Å². The zero-order valence-electron chi connectivity index (χ0n) is 13.0. The number of hydrogen-bond acceptors (Lipinski definition) is 5. The molecule has 2 rings (SSSR count). The number of aryl methyl sites for hydroxylation is 1. The minimum Gasteiger partial charge on any atom is -0.395 e. The third-order valence-electron chi connectivity index (χ3n) is 3.96. The molecule has 0 saturated carbocycles. The van der Waals surface area contributed by atoms with Gasteiger partial charge >= 0.3 is 0 Å². The average molecular weight is 315 g/mol. The van der Waals surface area contributed by atoms with Crippen molar-refractivity contribution in [3.05, 3.63) is 23.8 Å². The highest BCUT2D eigenvalue weighted by atomic mass is 35.5. The molecule has 1 aliphatic rings. The molecule has 120 valence electrons. The minimum absolute atomic E-state index is 0. The molecule has 1 aromatic rings. The summed E-state index contributed by atoms with van der Waals surface area (Å²) in [4.78, 5) is 13.4. The van der Waals surface area contributed by atoms with Crippen LogP contribution in [0.4, 0.5) is 0 Å². The first kappa shape index (κ1) is 18.3. The summed E-state index contributed by atoms with van der Waals surface area (Å²) in [6, 6.07) is 0. The number of hydrogen-bond donors (Lipinski definition) is 1. The van der Waals surface area contributed by atoms with Gasteiger partial charge in [0.2, 0.25) is 0 Å². The van der Waals surface area contributed by atoms with Crippen molar-refractivity contribution in [2.45, 2.75) is 26.3 Å². The van der Waals surface area contributed by atoms with E-state index in [4.69, 9.17) is 5.11 Å². The van der Waals surface area contributed by atoms with Crippen LogP contribution in [0.3, 0.4) is 0 Å². The summed E-state index contributed by atoms with van der Waals surface area (Å²) >= 11 is 0. The van der Waals surface area contributed by atoms with Gasteiger partial charge in [0, 0.05) is 32.0 Å². The van der Waals surface area contributed by atoms with Crippen LogP contribution in [0.25, 0.3) is 0 Å². The summed E-state index contributed by atoms with van der Waals surface area (Å²) in [5.74, 6) is 0.758. The van der Waals surface area contributed by atoms with E-state index in [1.54, 1.807) is 0 Å². The van der Waals surface area contributed by atoms with Gasteiger partial charge in [-0.2, -0.15) is 0 Å². The van der Waals surface area contributed by atoms with Crippen LogP contribution < -0.4 is 0 Å². The third-order valence-corrected chi connectivity index (χ3v) is 3.96. The minimum atomic E-state index is 0. The summed E-state index contributed by atoms with van der Waals surface area (Å²) < 4.78 is 0. The van der Waals surface area contributed by atoms with E-state index in [-0.39, 0.29) is 19.0 Å². The van der Waals surface area contributed by atoms with Gasteiger partial charge in [-0.3, -0.25) is 9.97 Å². The molecule has 0 unspecified atom stereocenters. The molecule has 0 spiro atoms. The first-order valence-corrected chi connectivity index (χ1v) is 7.46. The predicted octanol–water partition coefficient (Wildman–Crippen LogP) is 1.34. The maximum atomic E-state index is 8.95. The second-order valence-electron chi connectivity index (χ2n) is 5.85.